The Bertz CT molecular complexity index is 907. The van der Waals surface area contributed by atoms with Gasteiger partial charge in [-0.15, -0.1) is 0 Å². The number of aromatic nitrogens is 2. The number of carbonyl (C=O) groups is 1. The molecule has 0 saturated carbocycles. The van der Waals surface area contributed by atoms with E-state index in [0.29, 0.717) is 24.6 Å². The fraction of sp³-hybridized carbons (Fsp3) is 0.227. The van der Waals surface area contributed by atoms with Gasteiger partial charge in [0.2, 0.25) is 0 Å². The standard InChI is InChI=1S/C22H23N5O/c1-25(18-8-4-2-5-9-18)21-17-23-20(16-24-21)22(28)27-14-12-26(13-15-27)19-10-6-3-7-11-19/h2-11,16-17H,12-15H2,1H3. The second-order valence-electron chi connectivity index (χ2n) is 6.77. The fourth-order valence-corrected chi connectivity index (χ4v) is 3.36. The zero-order valence-corrected chi connectivity index (χ0v) is 15.9. The topological polar surface area (TPSA) is 52.6 Å². The molecule has 6 heteroatoms. The van der Waals surface area contributed by atoms with E-state index < -0.39 is 0 Å². The van der Waals surface area contributed by atoms with Crippen molar-refractivity contribution in [2.45, 2.75) is 0 Å². The van der Waals surface area contributed by atoms with Gasteiger partial charge in [-0.25, -0.2) is 9.97 Å². The van der Waals surface area contributed by atoms with Gasteiger partial charge < -0.3 is 14.7 Å². The van der Waals surface area contributed by atoms with Crippen LogP contribution in [0.25, 0.3) is 0 Å². The van der Waals surface area contributed by atoms with Crippen LogP contribution in [0.15, 0.2) is 73.1 Å². The molecular formula is C22H23N5O. The Morgan fingerprint density at radius 3 is 2.11 bits per heavy atom. The number of piperazine rings is 1. The van der Waals surface area contributed by atoms with Gasteiger partial charge in [0.25, 0.3) is 5.91 Å². The molecule has 3 aromatic rings. The lowest BCUT2D eigenvalue weighted by Crippen LogP contribution is -2.49. The summed E-state index contributed by atoms with van der Waals surface area (Å²) in [5.41, 5.74) is 2.61. The van der Waals surface area contributed by atoms with E-state index in [0.717, 1.165) is 18.8 Å². The second kappa shape index (κ2) is 8.08. The van der Waals surface area contributed by atoms with E-state index in [4.69, 9.17) is 0 Å². The quantitative estimate of drug-likeness (QED) is 0.703. The smallest absolute Gasteiger partial charge is 0.274 e. The summed E-state index contributed by atoms with van der Waals surface area (Å²) in [6.45, 7) is 3.00. The molecule has 0 N–H and O–H groups in total. The fourth-order valence-electron chi connectivity index (χ4n) is 3.36. The third kappa shape index (κ3) is 3.81. The molecule has 28 heavy (non-hydrogen) atoms. The first kappa shape index (κ1) is 18.0. The number of hydrogen-bond donors (Lipinski definition) is 0. The monoisotopic (exact) mass is 373 g/mol. The van der Waals surface area contributed by atoms with E-state index >= 15 is 0 Å². The maximum atomic E-state index is 12.8. The minimum atomic E-state index is -0.0610. The number of carbonyl (C=O) groups excluding carboxylic acids is 1. The molecular weight excluding hydrogens is 350 g/mol. The van der Waals surface area contributed by atoms with Crippen molar-refractivity contribution < 1.29 is 4.79 Å². The zero-order chi connectivity index (χ0) is 19.3. The Hall–Kier alpha value is -3.41. The van der Waals surface area contributed by atoms with Crippen LogP contribution in [0.3, 0.4) is 0 Å². The summed E-state index contributed by atoms with van der Waals surface area (Å²) in [5, 5.41) is 0. The van der Waals surface area contributed by atoms with Crippen molar-refractivity contribution in [2.75, 3.05) is 43.0 Å². The van der Waals surface area contributed by atoms with Crippen molar-refractivity contribution in [3.8, 4) is 0 Å². The minimum absolute atomic E-state index is 0.0610. The van der Waals surface area contributed by atoms with Crippen LogP contribution in [-0.2, 0) is 0 Å². The summed E-state index contributed by atoms with van der Waals surface area (Å²) in [6.07, 6.45) is 3.22. The molecule has 0 unspecified atom stereocenters. The highest BCUT2D eigenvalue weighted by Crippen LogP contribution is 2.21. The Balaban J connectivity index is 1.39. The molecule has 2 heterocycles. The molecule has 4 rings (SSSR count). The minimum Gasteiger partial charge on any atom is -0.368 e. The van der Waals surface area contributed by atoms with Gasteiger partial charge in [0.1, 0.15) is 5.69 Å². The number of amides is 1. The molecule has 2 aromatic carbocycles. The first-order valence-electron chi connectivity index (χ1n) is 9.42. The van der Waals surface area contributed by atoms with Crippen LogP contribution in [0.5, 0.6) is 0 Å². The SMILES string of the molecule is CN(c1ccccc1)c1cnc(C(=O)N2CCN(c3ccccc3)CC2)cn1. The molecule has 0 bridgehead atoms. The Morgan fingerprint density at radius 1 is 0.857 bits per heavy atom. The number of rotatable bonds is 4. The summed E-state index contributed by atoms with van der Waals surface area (Å²) in [6, 6.07) is 20.2. The Kier molecular flexibility index (Phi) is 5.19. The summed E-state index contributed by atoms with van der Waals surface area (Å²) < 4.78 is 0. The van der Waals surface area contributed by atoms with Crippen molar-refractivity contribution >= 4 is 23.1 Å². The van der Waals surface area contributed by atoms with E-state index in [2.05, 4.69) is 27.0 Å². The summed E-state index contributed by atoms with van der Waals surface area (Å²) in [5.74, 6) is 0.644. The van der Waals surface area contributed by atoms with Crippen LogP contribution in [0.4, 0.5) is 17.2 Å². The number of benzene rings is 2. The molecule has 1 aromatic heterocycles. The first-order valence-corrected chi connectivity index (χ1v) is 9.42. The van der Waals surface area contributed by atoms with E-state index in [1.165, 1.54) is 5.69 Å². The van der Waals surface area contributed by atoms with Crippen molar-refractivity contribution in [3.05, 3.63) is 78.8 Å². The lowest BCUT2D eigenvalue weighted by atomic mass is 10.2. The summed E-state index contributed by atoms with van der Waals surface area (Å²) >= 11 is 0. The zero-order valence-electron chi connectivity index (χ0n) is 15.9. The second-order valence-corrected chi connectivity index (χ2v) is 6.77. The van der Waals surface area contributed by atoms with Crippen LogP contribution in [0.1, 0.15) is 10.5 Å². The molecule has 6 nitrogen and oxygen atoms in total. The third-order valence-corrected chi connectivity index (χ3v) is 5.03. The lowest BCUT2D eigenvalue weighted by molar-refractivity contribution is 0.0740. The van der Waals surface area contributed by atoms with Crippen LogP contribution in [0.2, 0.25) is 0 Å². The Labute approximate surface area is 165 Å². The highest BCUT2D eigenvalue weighted by atomic mass is 16.2. The molecule has 142 valence electrons. The predicted octanol–water partition coefficient (Wildman–Crippen LogP) is 3.21. The third-order valence-electron chi connectivity index (χ3n) is 5.03. The molecule has 1 saturated heterocycles. The normalized spacial score (nSPS) is 14.0. The van der Waals surface area contributed by atoms with Crippen LogP contribution < -0.4 is 9.80 Å². The van der Waals surface area contributed by atoms with Gasteiger partial charge in [-0.2, -0.15) is 0 Å². The number of anilines is 3. The molecule has 0 atom stereocenters. The first-order chi connectivity index (χ1) is 13.7. The van der Waals surface area contributed by atoms with Crippen LogP contribution in [0, 0.1) is 0 Å². The molecule has 1 aliphatic heterocycles. The lowest BCUT2D eigenvalue weighted by Gasteiger charge is -2.36. The van der Waals surface area contributed by atoms with Gasteiger partial charge in [-0.1, -0.05) is 36.4 Å². The van der Waals surface area contributed by atoms with Gasteiger partial charge in [0.15, 0.2) is 5.82 Å². The van der Waals surface area contributed by atoms with Crippen molar-refractivity contribution in [2.24, 2.45) is 0 Å². The molecule has 0 radical (unpaired) electrons. The van der Waals surface area contributed by atoms with Gasteiger partial charge >= 0.3 is 0 Å². The maximum Gasteiger partial charge on any atom is 0.274 e. The van der Waals surface area contributed by atoms with E-state index in [1.54, 1.807) is 12.4 Å². The molecule has 1 amide bonds. The highest BCUT2D eigenvalue weighted by Gasteiger charge is 2.23. The maximum absolute atomic E-state index is 12.8. The van der Waals surface area contributed by atoms with Crippen LogP contribution >= 0.6 is 0 Å². The van der Waals surface area contributed by atoms with Gasteiger partial charge in [0.05, 0.1) is 12.4 Å². The van der Waals surface area contributed by atoms with E-state index in [-0.39, 0.29) is 5.91 Å². The predicted molar refractivity (Wildman–Crippen MR) is 111 cm³/mol. The average molecular weight is 373 g/mol. The molecule has 1 aliphatic rings. The summed E-state index contributed by atoms with van der Waals surface area (Å²) in [4.78, 5) is 27.7. The molecule has 1 fully saturated rings. The molecule has 0 spiro atoms. The molecule has 0 aliphatic carbocycles. The largest absolute Gasteiger partial charge is 0.368 e. The summed E-state index contributed by atoms with van der Waals surface area (Å²) in [7, 11) is 1.93. The highest BCUT2D eigenvalue weighted by molar-refractivity contribution is 5.92. The van der Waals surface area contributed by atoms with Crippen molar-refractivity contribution in [1.29, 1.82) is 0 Å². The van der Waals surface area contributed by atoms with Gasteiger partial charge in [-0.3, -0.25) is 4.79 Å². The van der Waals surface area contributed by atoms with Crippen molar-refractivity contribution in [1.82, 2.24) is 14.9 Å². The van der Waals surface area contributed by atoms with Gasteiger partial charge in [0, 0.05) is 44.6 Å². The van der Waals surface area contributed by atoms with E-state index in [9.17, 15) is 4.79 Å². The number of para-hydroxylation sites is 2. The Morgan fingerprint density at radius 2 is 1.50 bits per heavy atom. The van der Waals surface area contributed by atoms with Gasteiger partial charge in [-0.05, 0) is 24.3 Å². The number of nitrogens with zero attached hydrogens (tertiary/aromatic N) is 5. The number of hydrogen-bond acceptors (Lipinski definition) is 5. The van der Waals surface area contributed by atoms with Crippen molar-refractivity contribution in [3.63, 3.8) is 0 Å². The average Bonchev–Trinajstić information content (AvgIpc) is 2.79. The van der Waals surface area contributed by atoms with Crippen LogP contribution in [-0.4, -0.2) is 54.0 Å². The van der Waals surface area contributed by atoms with E-state index in [1.807, 2.05) is 65.4 Å².